The highest BCUT2D eigenvalue weighted by molar-refractivity contribution is 7.07. The van der Waals surface area contributed by atoms with Gasteiger partial charge in [-0.25, -0.2) is 4.98 Å². The molecule has 0 atom stereocenters. The van der Waals surface area contributed by atoms with Crippen molar-refractivity contribution in [3.63, 3.8) is 0 Å². The Morgan fingerprint density at radius 1 is 1.28 bits per heavy atom. The van der Waals surface area contributed by atoms with Gasteiger partial charge < -0.3 is 5.32 Å². The van der Waals surface area contributed by atoms with Crippen LogP contribution in [0.1, 0.15) is 31.4 Å². The molecule has 0 aromatic carbocycles. The molecule has 0 bridgehead atoms. The number of halogens is 3. The van der Waals surface area contributed by atoms with E-state index in [9.17, 15) is 13.2 Å². The van der Waals surface area contributed by atoms with Crippen molar-refractivity contribution in [3.8, 4) is 0 Å². The fourth-order valence-electron chi connectivity index (χ4n) is 2.39. The fraction of sp³-hybridized carbons (Fsp3) is 0.750. The minimum Gasteiger partial charge on any atom is -0.314 e. The zero-order valence-corrected chi connectivity index (χ0v) is 10.9. The van der Waals surface area contributed by atoms with Crippen LogP contribution in [0.25, 0.3) is 0 Å². The monoisotopic (exact) mass is 278 g/mol. The lowest BCUT2D eigenvalue weighted by Gasteiger charge is -2.30. The van der Waals surface area contributed by atoms with Crippen molar-refractivity contribution >= 4 is 11.3 Å². The Bertz CT molecular complexity index is 343. The molecule has 0 amide bonds. The molecule has 1 aliphatic rings. The fourth-order valence-corrected chi connectivity index (χ4v) is 2.98. The molecule has 1 heterocycles. The summed E-state index contributed by atoms with van der Waals surface area (Å²) >= 11 is 1.56. The number of nitrogens with one attached hydrogen (secondary N) is 1. The number of thiazole rings is 1. The van der Waals surface area contributed by atoms with Crippen LogP contribution in [0.5, 0.6) is 0 Å². The summed E-state index contributed by atoms with van der Waals surface area (Å²) in [5, 5.41) is 5.33. The van der Waals surface area contributed by atoms with Gasteiger partial charge in [0.1, 0.15) is 0 Å². The van der Waals surface area contributed by atoms with E-state index >= 15 is 0 Å². The normalized spacial score (nSPS) is 25.3. The number of alkyl halides is 3. The van der Waals surface area contributed by atoms with Gasteiger partial charge in [-0.05, 0) is 25.7 Å². The summed E-state index contributed by atoms with van der Waals surface area (Å²) in [6.07, 6.45) is -1.38. The molecule has 1 aromatic rings. The summed E-state index contributed by atoms with van der Waals surface area (Å²) in [4.78, 5) is 4.17. The van der Waals surface area contributed by atoms with E-state index in [-0.39, 0.29) is 18.9 Å². The van der Waals surface area contributed by atoms with E-state index in [0.717, 1.165) is 18.7 Å². The first-order valence-corrected chi connectivity index (χ1v) is 7.17. The third-order valence-corrected chi connectivity index (χ3v) is 4.12. The second kappa shape index (κ2) is 6.02. The molecule has 1 aliphatic carbocycles. The third-order valence-electron chi connectivity index (χ3n) is 3.49. The topological polar surface area (TPSA) is 24.9 Å². The van der Waals surface area contributed by atoms with E-state index in [1.165, 1.54) is 0 Å². The number of nitrogens with zero attached hydrogens (tertiary/aromatic N) is 1. The highest BCUT2D eigenvalue weighted by Gasteiger charge is 2.41. The Morgan fingerprint density at radius 2 is 2.00 bits per heavy atom. The Balaban J connectivity index is 1.65. The molecule has 0 radical (unpaired) electrons. The van der Waals surface area contributed by atoms with Gasteiger partial charge in [-0.15, -0.1) is 11.3 Å². The van der Waals surface area contributed by atoms with Crippen LogP contribution >= 0.6 is 11.3 Å². The average Bonchev–Trinajstić information content (AvgIpc) is 2.82. The Morgan fingerprint density at radius 3 is 2.56 bits per heavy atom. The lowest BCUT2D eigenvalue weighted by atomic mass is 9.85. The molecule has 2 nitrogen and oxygen atoms in total. The van der Waals surface area contributed by atoms with Gasteiger partial charge >= 0.3 is 6.18 Å². The maximum absolute atomic E-state index is 12.5. The van der Waals surface area contributed by atoms with Crippen molar-refractivity contribution < 1.29 is 13.2 Å². The highest BCUT2D eigenvalue weighted by Crippen LogP contribution is 2.37. The van der Waals surface area contributed by atoms with E-state index in [4.69, 9.17) is 0 Å². The molecule has 18 heavy (non-hydrogen) atoms. The van der Waals surface area contributed by atoms with Gasteiger partial charge in [0.2, 0.25) is 0 Å². The van der Waals surface area contributed by atoms with Crippen molar-refractivity contribution in [1.82, 2.24) is 10.3 Å². The lowest BCUT2D eigenvalue weighted by Crippen LogP contribution is -2.37. The second-order valence-electron chi connectivity index (χ2n) is 4.77. The summed E-state index contributed by atoms with van der Waals surface area (Å²) in [5.41, 5.74) is 2.85. The molecule has 2 rings (SSSR count). The molecule has 6 heteroatoms. The first-order valence-electron chi connectivity index (χ1n) is 6.23. The van der Waals surface area contributed by atoms with E-state index in [0.29, 0.717) is 12.8 Å². The summed E-state index contributed by atoms with van der Waals surface area (Å²) in [5.74, 6) is -1.09. The molecule has 1 fully saturated rings. The van der Waals surface area contributed by atoms with Gasteiger partial charge in [-0.3, -0.25) is 0 Å². The predicted octanol–water partition coefficient (Wildman–Crippen LogP) is 3.40. The number of aromatic nitrogens is 1. The van der Waals surface area contributed by atoms with Gasteiger partial charge in [-0.1, -0.05) is 0 Å². The summed E-state index contributed by atoms with van der Waals surface area (Å²) in [6, 6.07) is 0.238. The van der Waals surface area contributed by atoms with E-state index in [1.54, 1.807) is 16.8 Å². The van der Waals surface area contributed by atoms with Gasteiger partial charge in [0, 0.05) is 24.4 Å². The minimum atomic E-state index is -4.01. The largest absolute Gasteiger partial charge is 0.391 e. The first-order chi connectivity index (χ1) is 8.55. The van der Waals surface area contributed by atoms with Crippen LogP contribution in [0.3, 0.4) is 0 Å². The van der Waals surface area contributed by atoms with Crippen LogP contribution < -0.4 is 5.32 Å². The zero-order valence-electron chi connectivity index (χ0n) is 10.0. The van der Waals surface area contributed by atoms with E-state index < -0.39 is 12.1 Å². The lowest BCUT2D eigenvalue weighted by molar-refractivity contribution is -0.182. The second-order valence-corrected chi connectivity index (χ2v) is 5.49. The highest BCUT2D eigenvalue weighted by atomic mass is 32.1. The smallest absolute Gasteiger partial charge is 0.314 e. The van der Waals surface area contributed by atoms with Crippen LogP contribution in [-0.4, -0.2) is 23.7 Å². The Kier molecular flexibility index (Phi) is 4.61. The molecule has 0 spiro atoms. The van der Waals surface area contributed by atoms with Crippen LogP contribution in [0.4, 0.5) is 13.2 Å². The van der Waals surface area contributed by atoms with Gasteiger partial charge in [-0.2, -0.15) is 13.2 Å². The van der Waals surface area contributed by atoms with Crippen molar-refractivity contribution in [2.24, 2.45) is 5.92 Å². The Hall–Kier alpha value is -0.620. The minimum absolute atomic E-state index is 0.238. The van der Waals surface area contributed by atoms with Crippen LogP contribution in [0.2, 0.25) is 0 Å². The standard InChI is InChI=1S/C12H17F3N2S/c13-12(14,15)9-1-3-10(4-2-9)16-6-5-11-7-18-8-17-11/h7-10,16H,1-6H2. The van der Waals surface area contributed by atoms with E-state index in [1.807, 2.05) is 5.38 Å². The maximum Gasteiger partial charge on any atom is 0.391 e. The Labute approximate surface area is 109 Å². The molecule has 0 saturated heterocycles. The summed E-state index contributed by atoms with van der Waals surface area (Å²) in [7, 11) is 0. The maximum atomic E-state index is 12.5. The van der Waals surface area contributed by atoms with Crippen molar-refractivity contribution in [2.45, 2.75) is 44.3 Å². The quantitative estimate of drug-likeness (QED) is 0.913. The van der Waals surface area contributed by atoms with Gasteiger partial charge in [0.25, 0.3) is 0 Å². The van der Waals surface area contributed by atoms with Crippen LogP contribution in [0.15, 0.2) is 10.9 Å². The molecule has 0 aliphatic heterocycles. The zero-order chi connectivity index (χ0) is 13.0. The number of hydrogen-bond acceptors (Lipinski definition) is 3. The molecule has 0 unspecified atom stereocenters. The number of hydrogen-bond donors (Lipinski definition) is 1. The van der Waals surface area contributed by atoms with Crippen molar-refractivity contribution in [1.29, 1.82) is 0 Å². The molecular weight excluding hydrogens is 261 g/mol. The summed E-state index contributed by atoms with van der Waals surface area (Å²) in [6.45, 7) is 0.797. The summed E-state index contributed by atoms with van der Waals surface area (Å²) < 4.78 is 37.4. The van der Waals surface area contributed by atoms with Crippen molar-refractivity contribution in [2.75, 3.05) is 6.54 Å². The number of rotatable bonds is 4. The van der Waals surface area contributed by atoms with Crippen molar-refractivity contribution in [3.05, 3.63) is 16.6 Å². The van der Waals surface area contributed by atoms with Crippen LogP contribution in [0, 0.1) is 5.92 Å². The molecule has 1 saturated carbocycles. The van der Waals surface area contributed by atoms with E-state index in [2.05, 4.69) is 10.3 Å². The predicted molar refractivity (Wildman–Crippen MR) is 65.6 cm³/mol. The molecule has 102 valence electrons. The first kappa shape index (κ1) is 13.8. The molecule has 1 aromatic heterocycles. The molecule has 1 N–H and O–H groups in total. The van der Waals surface area contributed by atoms with Gasteiger partial charge in [0.15, 0.2) is 0 Å². The third kappa shape index (κ3) is 3.95. The molecular formula is C12H17F3N2S. The SMILES string of the molecule is FC(F)(F)C1CCC(NCCc2cscn2)CC1. The van der Waals surface area contributed by atoms with Gasteiger partial charge in [0.05, 0.1) is 17.1 Å². The average molecular weight is 278 g/mol. The van der Waals surface area contributed by atoms with Crippen LogP contribution in [-0.2, 0) is 6.42 Å².